The van der Waals surface area contributed by atoms with Crippen LogP contribution in [-0.2, 0) is 28.7 Å². The molecule has 4 aromatic carbocycles. The van der Waals surface area contributed by atoms with Gasteiger partial charge in [-0.2, -0.15) is 0 Å². The average molecular weight is 987 g/mol. The van der Waals surface area contributed by atoms with Crippen molar-refractivity contribution in [2.45, 2.75) is 48.3 Å². The summed E-state index contributed by atoms with van der Waals surface area (Å²) in [5.74, 6) is -1.17. The Bertz CT molecular complexity index is 2250. The van der Waals surface area contributed by atoms with Gasteiger partial charge in [-0.25, -0.2) is 0 Å². The number of para-hydroxylation sites is 2. The van der Waals surface area contributed by atoms with E-state index in [1.54, 1.807) is 34.1 Å². The van der Waals surface area contributed by atoms with Crippen molar-refractivity contribution in [2.75, 3.05) is 65.8 Å². The Balaban J connectivity index is 1.44. The van der Waals surface area contributed by atoms with E-state index in [9.17, 15) is 19.2 Å². The first kappa shape index (κ1) is 49.7. The van der Waals surface area contributed by atoms with Gasteiger partial charge in [0.15, 0.2) is 0 Å². The van der Waals surface area contributed by atoms with Crippen LogP contribution in [0.25, 0.3) is 34.4 Å². The molecule has 2 saturated heterocycles. The zero-order chi connectivity index (χ0) is 46.3. The molecule has 2 aliphatic heterocycles. The number of carbonyl (C=O) groups is 4. The molecule has 0 radical (unpaired) electrons. The van der Waals surface area contributed by atoms with Crippen LogP contribution in [0.1, 0.15) is 49.7 Å². The number of amides is 2. The Hall–Kier alpha value is -4.73. The van der Waals surface area contributed by atoms with Crippen molar-refractivity contribution in [1.82, 2.24) is 9.80 Å². The lowest BCUT2D eigenvalue weighted by atomic mass is 9.98. The molecule has 0 bridgehead atoms. The van der Waals surface area contributed by atoms with Crippen LogP contribution < -0.4 is 9.47 Å². The lowest BCUT2D eigenvalue weighted by molar-refractivity contribution is -0.138. The highest BCUT2D eigenvalue weighted by molar-refractivity contribution is 7.99. The largest absolute Gasteiger partial charge is 0.493 e. The number of rotatable bonds is 20. The number of hydrogen-bond acceptors (Lipinski definition) is 9. The van der Waals surface area contributed by atoms with Crippen molar-refractivity contribution in [3.8, 4) is 33.8 Å². The number of carboxylic acid groups (broad SMARTS) is 2. The van der Waals surface area contributed by atoms with Gasteiger partial charge in [0, 0.05) is 83.2 Å². The van der Waals surface area contributed by atoms with E-state index in [2.05, 4.69) is 0 Å². The maximum Gasteiger partial charge on any atom is 0.303 e. The maximum atomic E-state index is 13.3. The van der Waals surface area contributed by atoms with E-state index in [-0.39, 0.29) is 58.0 Å². The predicted molar refractivity (Wildman–Crippen MR) is 255 cm³/mol. The summed E-state index contributed by atoms with van der Waals surface area (Å²) in [5, 5.41) is 19.0. The van der Waals surface area contributed by atoms with Gasteiger partial charge in [-0.15, -0.1) is 0 Å². The van der Waals surface area contributed by atoms with E-state index in [0.717, 1.165) is 0 Å². The Morgan fingerprint density at radius 2 is 0.954 bits per heavy atom. The molecule has 12 nitrogen and oxygen atoms in total. The van der Waals surface area contributed by atoms with Gasteiger partial charge in [-0.3, -0.25) is 19.2 Å². The van der Waals surface area contributed by atoms with Crippen LogP contribution in [-0.4, -0.2) is 110 Å². The molecule has 4 aromatic rings. The zero-order valence-electron chi connectivity index (χ0n) is 35.4. The minimum absolute atomic E-state index is 0.0236. The number of halogens is 4. The molecule has 0 saturated carbocycles. The summed E-state index contributed by atoms with van der Waals surface area (Å²) in [7, 11) is 0. The maximum absolute atomic E-state index is 13.3. The number of nitrogens with zero attached hydrogens (tertiary/aromatic N) is 2. The molecule has 344 valence electrons. The van der Waals surface area contributed by atoms with Crippen LogP contribution in [0.2, 0.25) is 20.1 Å². The fourth-order valence-corrected chi connectivity index (χ4v) is 9.27. The summed E-state index contributed by atoms with van der Waals surface area (Å²) in [6.45, 7) is 4.07. The van der Waals surface area contributed by atoms with Gasteiger partial charge in [0.2, 0.25) is 11.8 Å². The normalized spacial score (nSPS) is 14.3. The van der Waals surface area contributed by atoms with E-state index in [1.165, 1.54) is 23.9 Å². The third-order valence-electron chi connectivity index (χ3n) is 10.5. The number of morpholine rings is 2. The number of benzene rings is 4. The third-order valence-corrected chi connectivity index (χ3v) is 13.6. The molecule has 2 heterocycles. The molecule has 17 heteroatoms. The summed E-state index contributed by atoms with van der Waals surface area (Å²) < 4.78 is 23.3. The zero-order valence-corrected chi connectivity index (χ0v) is 39.2. The van der Waals surface area contributed by atoms with E-state index in [0.29, 0.717) is 133 Å². The lowest BCUT2D eigenvalue weighted by Crippen LogP contribution is -2.39. The van der Waals surface area contributed by atoms with Crippen LogP contribution in [0.4, 0.5) is 0 Å². The summed E-state index contributed by atoms with van der Waals surface area (Å²) in [6.07, 6.45) is 8.14. The van der Waals surface area contributed by atoms with Crippen molar-refractivity contribution >= 4 is 94.1 Å². The Labute approximate surface area is 402 Å². The highest BCUT2D eigenvalue weighted by atomic mass is 35.5. The molecule has 0 aliphatic carbocycles. The predicted octanol–water partition coefficient (Wildman–Crippen LogP) is 10.8. The van der Waals surface area contributed by atoms with Gasteiger partial charge in [0.05, 0.1) is 59.7 Å². The molecule has 2 amide bonds. The second-order valence-corrected chi connectivity index (χ2v) is 17.6. The number of carboxylic acids is 2. The molecule has 0 spiro atoms. The Kier molecular flexibility index (Phi) is 18.9. The molecular formula is C48H48Cl4N2O10S. The first-order valence-electron chi connectivity index (χ1n) is 21.1. The Morgan fingerprint density at radius 1 is 0.569 bits per heavy atom. The Morgan fingerprint density at radius 3 is 1.34 bits per heavy atom. The van der Waals surface area contributed by atoms with Gasteiger partial charge < -0.3 is 39.0 Å². The standard InChI is InChI=1S/C48H48Cl4N2O10S/c49-45-33(15-17-41(55)53-19-25-61-26-20-53)35(31-9-1-3-11-37(31)63-23-7-5-13-43(57)58)29-39(47(45)51)65-40-30-36(32-10-2-4-12-38(32)64-24-8-6-14-44(59)60)34(46(50)48(40)52)16-18-42(56)54-21-27-62-28-22-54/h1-4,9-12,15-18,29-30H,5-8,13-14,19-28H2,(H,57,58)(H,59,60). The first-order valence-corrected chi connectivity index (χ1v) is 23.4. The molecule has 2 N–H and O–H groups in total. The highest BCUT2D eigenvalue weighted by Crippen LogP contribution is 2.50. The smallest absolute Gasteiger partial charge is 0.303 e. The monoisotopic (exact) mass is 984 g/mol. The van der Waals surface area contributed by atoms with Gasteiger partial charge in [0.1, 0.15) is 11.5 Å². The van der Waals surface area contributed by atoms with Crippen LogP contribution in [0.5, 0.6) is 11.5 Å². The quantitative estimate of drug-likeness (QED) is 0.0643. The second-order valence-electron chi connectivity index (χ2n) is 15.0. The van der Waals surface area contributed by atoms with Crippen molar-refractivity contribution in [3.63, 3.8) is 0 Å². The van der Waals surface area contributed by atoms with Gasteiger partial charge in [0.25, 0.3) is 0 Å². The molecule has 2 fully saturated rings. The highest BCUT2D eigenvalue weighted by Gasteiger charge is 2.24. The lowest BCUT2D eigenvalue weighted by Gasteiger charge is -2.25. The SMILES string of the molecule is O=C(O)CCCCOc1ccccc1-c1cc(Sc2cc(-c3ccccc3OCCCCC(=O)O)c(C=CC(=O)N3CCOCC3)c(Cl)c2Cl)c(Cl)c(Cl)c1C=CC(=O)N1CCOCC1. The van der Waals surface area contributed by atoms with E-state index < -0.39 is 11.9 Å². The topological polar surface area (TPSA) is 152 Å². The minimum Gasteiger partial charge on any atom is -0.493 e. The van der Waals surface area contributed by atoms with Gasteiger partial charge in [-0.1, -0.05) is 94.6 Å². The van der Waals surface area contributed by atoms with Crippen LogP contribution in [0.15, 0.2) is 82.6 Å². The fourth-order valence-electron chi connectivity index (χ4n) is 7.11. The van der Waals surface area contributed by atoms with E-state index >= 15 is 0 Å². The first-order chi connectivity index (χ1) is 31.4. The molecule has 65 heavy (non-hydrogen) atoms. The second kappa shape index (κ2) is 24.7. The number of aliphatic carboxylic acids is 2. The molecule has 2 aliphatic rings. The van der Waals surface area contributed by atoms with Crippen molar-refractivity contribution < 1.29 is 48.3 Å². The van der Waals surface area contributed by atoms with E-state index in [1.807, 2.05) is 48.5 Å². The molecular weight excluding hydrogens is 938 g/mol. The minimum atomic E-state index is -0.879. The fraction of sp³-hybridized carbons (Fsp3) is 0.333. The van der Waals surface area contributed by atoms with Crippen molar-refractivity contribution in [2.24, 2.45) is 0 Å². The van der Waals surface area contributed by atoms with E-state index in [4.69, 9.17) is 75.6 Å². The van der Waals surface area contributed by atoms with Crippen molar-refractivity contribution in [1.29, 1.82) is 0 Å². The molecule has 6 rings (SSSR count). The summed E-state index contributed by atoms with van der Waals surface area (Å²) >= 11 is 29.9. The summed E-state index contributed by atoms with van der Waals surface area (Å²) in [5.41, 5.74) is 3.42. The number of ether oxygens (including phenoxy) is 4. The molecule has 0 aromatic heterocycles. The third kappa shape index (κ3) is 13.7. The van der Waals surface area contributed by atoms with Gasteiger partial charge in [-0.05, 0) is 73.2 Å². The van der Waals surface area contributed by atoms with Crippen molar-refractivity contribution in [3.05, 3.63) is 104 Å². The van der Waals surface area contributed by atoms with Gasteiger partial charge >= 0.3 is 11.9 Å². The number of unbranched alkanes of at least 4 members (excludes halogenated alkanes) is 2. The number of carbonyl (C=O) groups excluding carboxylic acids is 2. The molecule has 0 unspecified atom stereocenters. The summed E-state index contributed by atoms with van der Waals surface area (Å²) in [6, 6.07) is 18.4. The average Bonchev–Trinajstić information content (AvgIpc) is 3.31. The summed E-state index contributed by atoms with van der Waals surface area (Å²) in [4.78, 5) is 53.3. The molecule has 0 atom stereocenters. The van der Waals surface area contributed by atoms with Crippen LogP contribution in [0, 0.1) is 0 Å². The van der Waals surface area contributed by atoms with Crippen LogP contribution >= 0.6 is 58.2 Å². The number of hydrogen-bond donors (Lipinski definition) is 2. The van der Waals surface area contributed by atoms with Crippen LogP contribution in [0.3, 0.4) is 0 Å².